The third kappa shape index (κ3) is 2.48. The molecular formula is C12H10Br2N6. The van der Waals surface area contributed by atoms with E-state index in [-0.39, 0.29) is 0 Å². The molecule has 3 aromatic rings. The van der Waals surface area contributed by atoms with Crippen LogP contribution in [0.3, 0.4) is 0 Å². The Hall–Kier alpha value is -1.67. The highest BCUT2D eigenvalue weighted by atomic mass is 79.9. The molecule has 0 unspecified atom stereocenters. The maximum atomic E-state index is 4.42. The summed E-state index contributed by atoms with van der Waals surface area (Å²) in [5, 5.41) is 13.9. The van der Waals surface area contributed by atoms with Crippen molar-refractivity contribution < 1.29 is 0 Å². The molecule has 0 fully saturated rings. The van der Waals surface area contributed by atoms with Gasteiger partial charge in [0.15, 0.2) is 5.65 Å². The molecule has 0 aliphatic carbocycles. The monoisotopic (exact) mass is 396 g/mol. The Labute approximate surface area is 131 Å². The Morgan fingerprint density at radius 2 is 2.05 bits per heavy atom. The lowest BCUT2D eigenvalue weighted by Gasteiger charge is -2.10. The third-order valence-electron chi connectivity index (χ3n) is 2.72. The van der Waals surface area contributed by atoms with Crippen molar-refractivity contribution in [1.82, 2.24) is 20.2 Å². The highest BCUT2D eigenvalue weighted by molar-refractivity contribution is 9.11. The van der Waals surface area contributed by atoms with Crippen LogP contribution in [0.4, 0.5) is 17.5 Å². The lowest BCUT2D eigenvalue weighted by atomic mass is 10.3. The quantitative estimate of drug-likeness (QED) is 0.628. The van der Waals surface area contributed by atoms with Gasteiger partial charge < -0.3 is 10.6 Å². The van der Waals surface area contributed by atoms with E-state index in [0.717, 1.165) is 20.0 Å². The molecule has 3 N–H and O–H groups in total. The first kappa shape index (κ1) is 13.3. The lowest BCUT2D eigenvalue weighted by molar-refractivity contribution is 1.09. The molecule has 0 atom stereocenters. The van der Waals surface area contributed by atoms with Crippen LogP contribution in [-0.2, 0) is 0 Å². The second-order valence-corrected chi connectivity index (χ2v) is 5.80. The van der Waals surface area contributed by atoms with E-state index in [0.29, 0.717) is 17.4 Å². The van der Waals surface area contributed by atoms with Gasteiger partial charge in [-0.3, -0.25) is 5.10 Å². The van der Waals surface area contributed by atoms with Crippen LogP contribution in [0.2, 0.25) is 0 Å². The fraction of sp³-hybridized carbons (Fsp3) is 0.0833. The molecule has 3 rings (SSSR count). The minimum absolute atomic E-state index is 0.525. The van der Waals surface area contributed by atoms with Gasteiger partial charge in [0.25, 0.3) is 0 Å². The van der Waals surface area contributed by atoms with Crippen LogP contribution in [-0.4, -0.2) is 27.2 Å². The first-order chi connectivity index (χ1) is 9.67. The van der Waals surface area contributed by atoms with Crippen molar-refractivity contribution in [2.24, 2.45) is 0 Å². The fourth-order valence-electron chi connectivity index (χ4n) is 1.76. The number of hydrogen-bond donors (Lipinski definition) is 3. The number of benzene rings is 1. The largest absolute Gasteiger partial charge is 0.357 e. The molecule has 6 nitrogen and oxygen atoms in total. The Kier molecular flexibility index (Phi) is 3.58. The molecule has 102 valence electrons. The summed E-state index contributed by atoms with van der Waals surface area (Å²) in [5.41, 5.74) is 1.59. The molecule has 0 bridgehead atoms. The summed E-state index contributed by atoms with van der Waals surface area (Å²) >= 11 is 6.95. The number of rotatable bonds is 3. The van der Waals surface area contributed by atoms with E-state index in [2.05, 4.69) is 62.7 Å². The Balaban J connectivity index is 2.07. The van der Waals surface area contributed by atoms with Gasteiger partial charge in [-0.2, -0.15) is 15.1 Å². The second-order valence-electron chi connectivity index (χ2n) is 4.03. The predicted molar refractivity (Wildman–Crippen MR) is 86.4 cm³/mol. The van der Waals surface area contributed by atoms with Gasteiger partial charge in [0.05, 0.1) is 17.3 Å². The van der Waals surface area contributed by atoms with Crippen molar-refractivity contribution in [2.75, 3.05) is 17.7 Å². The summed E-state index contributed by atoms with van der Waals surface area (Å²) in [6, 6.07) is 5.89. The van der Waals surface area contributed by atoms with E-state index >= 15 is 0 Å². The minimum Gasteiger partial charge on any atom is -0.357 e. The Morgan fingerprint density at radius 3 is 2.80 bits per heavy atom. The summed E-state index contributed by atoms with van der Waals surface area (Å²) < 4.78 is 1.94. The molecule has 0 aliphatic rings. The number of anilines is 3. The molecule has 8 heteroatoms. The Bertz CT molecular complexity index is 770. The van der Waals surface area contributed by atoms with Gasteiger partial charge in [-0.25, -0.2) is 0 Å². The highest BCUT2D eigenvalue weighted by Gasteiger charge is 2.10. The van der Waals surface area contributed by atoms with Gasteiger partial charge in [-0.15, -0.1) is 0 Å². The maximum absolute atomic E-state index is 4.42. The first-order valence-corrected chi connectivity index (χ1v) is 7.37. The van der Waals surface area contributed by atoms with Gasteiger partial charge in [0.1, 0.15) is 5.82 Å². The van der Waals surface area contributed by atoms with Gasteiger partial charge in [-0.05, 0) is 34.1 Å². The fourth-order valence-corrected chi connectivity index (χ4v) is 2.91. The maximum Gasteiger partial charge on any atom is 0.226 e. The normalized spacial score (nSPS) is 10.8. The average molecular weight is 398 g/mol. The van der Waals surface area contributed by atoms with Gasteiger partial charge >= 0.3 is 0 Å². The molecule has 2 aromatic heterocycles. The van der Waals surface area contributed by atoms with E-state index in [1.165, 1.54) is 0 Å². The predicted octanol–water partition coefficient (Wildman–Crippen LogP) is 3.66. The van der Waals surface area contributed by atoms with Gasteiger partial charge in [-0.1, -0.05) is 15.9 Å². The summed E-state index contributed by atoms with van der Waals surface area (Å²) in [4.78, 5) is 8.72. The molecular weight excluding hydrogens is 388 g/mol. The van der Waals surface area contributed by atoms with Crippen molar-refractivity contribution in [3.05, 3.63) is 33.3 Å². The van der Waals surface area contributed by atoms with Crippen molar-refractivity contribution in [3.63, 3.8) is 0 Å². The standard InChI is InChI=1S/C12H10Br2N6/c1-15-12-18-10(7-5-16-20-11(7)19-12)17-9-3-2-6(13)4-8(9)14/h2-5H,1H3,(H3,15,16,17,18,19,20). The van der Waals surface area contributed by atoms with E-state index < -0.39 is 0 Å². The number of aromatic nitrogens is 4. The van der Waals surface area contributed by atoms with Crippen LogP contribution >= 0.6 is 31.9 Å². The van der Waals surface area contributed by atoms with Gasteiger partial charge in [0, 0.05) is 16.0 Å². The van der Waals surface area contributed by atoms with Crippen molar-refractivity contribution >= 4 is 60.3 Å². The molecule has 0 spiro atoms. The SMILES string of the molecule is CNc1nc(Nc2ccc(Br)cc2Br)c2cn[nH]c2n1. The Morgan fingerprint density at radius 1 is 1.20 bits per heavy atom. The summed E-state index contributed by atoms with van der Waals surface area (Å²) in [6.07, 6.45) is 1.70. The summed E-state index contributed by atoms with van der Waals surface area (Å²) in [5.74, 6) is 1.22. The van der Waals surface area contributed by atoms with E-state index in [4.69, 9.17) is 0 Å². The molecule has 20 heavy (non-hydrogen) atoms. The van der Waals surface area contributed by atoms with Crippen LogP contribution in [0.1, 0.15) is 0 Å². The molecule has 0 saturated heterocycles. The zero-order valence-electron chi connectivity index (χ0n) is 10.4. The average Bonchev–Trinajstić information content (AvgIpc) is 2.90. The van der Waals surface area contributed by atoms with Gasteiger partial charge in [0.2, 0.25) is 5.95 Å². The highest BCUT2D eigenvalue weighted by Crippen LogP contribution is 2.30. The minimum atomic E-state index is 0.525. The summed E-state index contributed by atoms with van der Waals surface area (Å²) in [6.45, 7) is 0. The molecule has 0 saturated carbocycles. The number of aromatic amines is 1. The smallest absolute Gasteiger partial charge is 0.226 e. The van der Waals surface area contributed by atoms with Crippen molar-refractivity contribution in [1.29, 1.82) is 0 Å². The number of nitrogens with one attached hydrogen (secondary N) is 3. The van der Waals surface area contributed by atoms with E-state index in [1.54, 1.807) is 13.2 Å². The molecule has 0 radical (unpaired) electrons. The van der Waals surface area contributed by atoms with Crippen molar-refractivity contribution in [3.8, 4) is 0 Å². The zero-order chi connectivity index (χ0) is 14.1. The zero-order valence-corrected chi connectivity index (χ0v) is 13.6. The molecule has 0 amide bonds. The third-order valence-corrected chi connectivity index (χ3v) is 3.87. The first-order valence-electron chi connectivity index (χ1n) is 5.78. The molecule has 1 aromatic carbocycles. The second kappa shape index (κ2) is 5.37. The lowest BCUT2D eigenvalue weighted by Crippen LogP contribution is -2.01. The van der Waals surface area contributed by atoms with Crippen LogP contribution in [0.25, 0.3) is 11.0 Å². The van der Waals surface area contributed by atoms with Crippen LogP contribution in [0.5, 0.6) is 0 Å². The number of H-pyrrole nitrogens is 1. The van der Waals surface area contributed by atoms with Crippen LogP contribution in [0.15, 0.2) is 33.3 Å². The van der Waals surface area contributed by atoms with E-state index in [9.17, 15) is 0 Å². The number of hydrogen-bond acceptors (Lipinski definition) is 5. The van der Waals surface area contributed by atoms with Crippen LogP contribution < -0.4 is 10.6 Å². The van der Waals surface area contributed by atoms with Crippen LogP contribution in [0, 0.1) is 0 Å². The number of halogens is 2. The number of nitrogens with zero attached hydrogens (tertiary/aromatic N) is 3. The van der Waals surface area contributed by atoms with E-state index in [1.807, 2.05) is 18.2 Å². The molecule has 2 heterocycles. The topological polar surface area (TPSA) is 78.5 Å². The summed E-state index contributed by atoms with van der Waals surface area (Å²) in [7, 11) is 1.77. The van der Waals surface area contributed by atoms with Crippen molar-refractivity contribution in [2.45, 2.75) is 0 Å². The number of fused-ring (bicyclic) bond motifs is 1. The molecule has 0 aliphatic heterocycles.